The molecule has 2 aromatic rings. The molecule has 32 heavy (non-hydrogen) atoms. The van der Waals surface area contributed by atoms with Gasteiger partial charge in [0.1, 0.15) is 0 Å². The monoisotopic (exact) mass is 460 g/mol. The van der Waals surface area contributed by atoms with Crippen LogP contribution in [0.3, 0.4) is 0 Å². The Morgan fingerprint density at radius 2 is 1.88 bits per heavy atom. The van der Waals surface area contributed by atoms with Crippen LogP contribution in [0.25, 0.3) is 0 Å². The van der Waals surface area contributed by atoms with Crippen molar-refractivity contribution in [2.75, 3.05) is 0 Å². The van der Waals surface area contributed by atoms with Crippen molar-refractivity contribution in [1.82, 2.24) is 15.1 Å². The fourth-order valence-electron chi connectivity index (χ4n) is 3.54. The number of benzene rings is 1. The summed E-state index contributed by atoms with van der Waals surface area (Å²) >= 11 is 0. The van der Waals surface area contributed by atoms with Gasteiger partial charge in [-0.25, -0.2) is 0 Å². The van der Waals surface area contributed by atoms with Gasteiger partial charge in [-0.3, -0.25) is 9.48 Å². The Balaban J connectivity index is 1.69. The highest BCUT2D eigenvalue weighted by Crippen LogP contribution is 2.49. The second-order valence-corrected chi connectivity index (χ2v) is 7.94. The predicted octanol–water partition coefficient (Wildman–Crippen LogP) is 4.22. The molecule has 1 N–H and O–H groups in total. The Morgan fingerprint density at radius 1 is 1.19 bits per heavy atom. The molecule has 2 heterocycles. The molecular formula is C20H18F6N4O2. The molecule has 0 radical (unpaired) electrons. The van der Waals surface area contributed by atoms with Crippen LogP contribution in [0.2, 0.25) is 0 Å². The molecule has 12 heteroatoms. The number of oxime groups is 1. The van der Waals surface area contributed by atoms with Crippen LogP contribution in [-0.4, -0.2) is 33.6 Å². The Morgan fingerprint density at radius 3 is 2.44 bits per heavy atom. The number of hydrogen-bond acceptors (Lipinski definition) is 4. The number of alkyl halides is 6. The lowest BCUT2D eigenvalue weighted by atomic mass is 9.89. The lowest BCUT2D eigenvalue weighted by Gasteiger charge is -2.28. The van der Waals surface area contributed by atoms with Crippen LogP contribution in [0.1, 0.15) is 52.1 Å². The lowest BCUT2D eigenvalue weighted by Crippen LogP contribution is -2.44. The molecular weight excluding hydrogens is 442 g/mol. The van der Waals surface area contributed by atoms with Crippen molar-refractivity contribution in [1.29, 1.82) is 0 Å². The number of nitrogens with zero attached hydrogens (tertiary/aromatic N) is 3. The van der Waals surface area contributed by atoms with E-state index in [1.54, 1.807) is 13.0 Å². The van der Waals surface area contributed by atoms with Crippen molar-refractivity contribution >= 4 is 11.6 Å². The van der Waals surface area contributed by atoms with E-state index < -0.39 is 35.8 Å². The van der Waals surface area contributed by atoms with Crippen LogP contribution in [0.5, 0.6) is 0 Å². The van der Waals surface area contributed by atoms with E-state index in [2.05, 4.69) is 15.6 Å². The molecule has 0 spiro atoms. The van der Waals surface area contributed by atoms with Crippen molar-refractivity contribution in [2.24, 2.45) is 12.2 Å². The molecule has 1 aliphatic carbocycles. The number of aromatic nitrogens is 2. The maximum atomic E-state index is 14.1. The number of nitrogens with one attached hydrogen (secondary N) is 1. The van der Waals surface area contributed by atoms with E-state index in [0.717, 1.165) is 19.9 Å². The summed E-state index contributed by atoms with van der Waals surface area (Å²) in [6.07, 6.45) is -9.16. The summed E-state index contributed by atoms with van der Waals surface area (Å²) in [5.41, 5.74) is -4.47. The molecule has 1 saturated carbocycles. The van der Waals surface area contributed by atoms with Crippen LogP contribution in [0, 0.1) is 6.92 Å². The van der Waals surface area contributed by atoms with E-state index >= 15 is 0 Å². The average Bonchev–Trinajstić information content (AvgIpc) is 3.21. The number of hydrogen-bond donors (Lipinski definition) is 1. The Bertz CT molecular complexity index is 1100. The van der Waals surface area contributed by atoms with E-state index in [1.165, 1.54) is 12.1 Å². The molecule has 0 bridgehead atoms. The molecule has 172 valence electrons. The van der Waals surface area contributed by atoms with E-state index in [-0.39, 0.29) is 28.8 Å². The van der Waals surface area contributed by atoms with Gasteiger partial charge < -0.3 is 10.2 Å². The second kappa shape index (κ2) is 7.24. The smallest absolute Gasteiger partial charge is 0.372 e. The Hall–Kier alpha value is -3.05. The first-order valence-corrected chi connectivity index (χ1v) is 9.67. The highest BCUT2D eigenvalue weighted by Gasteiger charge is 2.64. The van der Waals surface area contributed by atoms with E-state index in [4.69, 9.17) is 4.84 Å². The van der Waals surface area contributed by atoms with Crippen LogP contribution in [0.15, 0.2) is 29.4 Å². The summed E-state index contributed by atoms with van der Waals surface area (Å²) in [6.45, 7) is 1.69. The molecule has 1 amide bonds. The molecule has 4 rings (SSSR count). The average molecular weight is 460 g/mol. The number of carbonyl (C=O) groups is 1. The SMILES string of the molecule is Cc1ccc(C2=NOC(c3cc(C(F)(F)F)nn3C)(C(F)(F)F)C2)cc1C(=O)NC1CC1. The predicted molar refractivity (Wildman–Crippen MR) is 99.8 cm³/mol. The number of halogens is 6. The molecule has 6 nitrogen and oxygen atoms in total. The summed E-state index contributed by atoms with van der Waals surface area (Å²) < 4.78 is 81.9. The highest BCUT2D eigenvalue weighted by molar-refractivity contribution is 6.05. The van der Waals surface area contributed by atoms with Crippen LogP contribution in [0.4, 0.5) is 26.3 Å². The van der Waals surface area contributed by atoms with Gasteiger partial charge in [0, 0.05) is 24.2 Å². The molecule has 1 fully saturated rings. The van der Waals surface area contributed by atoms with Gasteiger partial charge in [-0.1, -0.05) is 17.3 Å². The maximum absolute atomic E-state index is 14.1. The Kier molecular flexibility index (Phi) is 5.01. The van der Waals surface area contributed by atoms with Gasteiger partial charge in [-0.2, -0.15) is 31.4 Å². The van der Waals surface area contributed by atoms with Crippen molar-refractivity contribution < 1.29 is 36.0 Å². The normalized spacial score (nSPS) is 21.3. The number of rotatable bonds is 4. The van der Waals surface area contributed by atoms with Crippen LogP contribution >= 0.6 is 0 Å². The van der Waals surface area contributed by atoms with Crippen molar-refractivity contribution in [3.05, 3.63) is 52.3 Å². The maximum Gasteiger partial charge on any atom is 0.437 e. The van der Waals surface area contributed by atoms with E-state index in [1.807, 2.05) is 0 Å². The standard InChI is InChI=1S/C20H18F6N4O2/c1-10-3-4-11(7-13(10)17(31)27-12-5-6-12)14-9-18(32-29-14,20(24,25)26)16-8-15(19(21,22)23)28-30(16)2/h3-4,7-8,12H,5-6,9H2,1-2H3,(H,27,31). The number of aryl methyl sites for hydroxylation is 2. The summed E-state index contributed by atoms with van der Waals surface area (Å²) in [4.78, 5) is 17.3. The fourth-order valence-corrected chi connectivity index (χ4v) is 3.54. The Labute approximate surface area is 178 Å². The minimum absolute atomic E-state index is 0.0864. The van der Waals surface area contributed by atoms with Gasteiger partial charge in [-0.15, -0.1) is 0 Å². The van der Waals surface area contributed by atoms with Crippen molar-refractivity contribution in [2.45, 2.75) is 50.2 Å². The zero-order chi connectivity index (χ0) is 23.5. The fraction of sp³-hybridized carbons (Fsp3) is 0.450. The van der Waals surface area contributed by atoms with E-state index in [0.29, 0.717) is 16.3 Å². The van der Waals surface area contributed by atoms with Crippen molar-refractivity contribution in [3.8, 4) is 0 Å². The van der Waals surface area contributed by atoms with Gasteiger partial charge in [0.15, 0.2) is 5.69 Å². The first kappa shape index (κ1) is 22.2. The van der Waals surface area contributed by atoms with Gasteiger partial charge in [-0.05, 0) is 37.5 Å². The molecule has 2 aliphatic rings. The second-order valence-electron chi connectivity index (χ2n) is 7.94. The topological polar surface area (TPSA) is 68.5 Å². The molecule has 1 aromatic heterocycles. The minimum Gasteiger partial charge on any atom is -0.372 e. The summed E-state index contributed by atoms with van der Waals surface area (Å²) in [7, 11) is 0.978. The largest absolute Gasteiger partial charge is 0.437 e. The quantitative estimate of drug-likeness (QED) is 0.695. The lowest BCUT2D eigenvalue weighted by molar-refractivity contribution is -0.278. The highest BCUT2D eigenvalue weighted by atomic mass is 19.4. The zero-order valence-corrected chi connectivity index (χ0v) is 16.9. The van der Waals surface area contributed by atoms with Gasteiger partial charge in [0.25, 0.3) is 11.5 Å². The molecule has 1 atom stereocenters. The number of carbonyl (C=O) groups excluding carboxylic acids is 1. The third-order valence-electron chi connectivity index (χ3n) is 5.50. The third-order valence-corrected chi connectivity index (χ3v) is 5.50. The summed E-state index contributed by atoms with van der Waals surface area (Å²) in [6, 6.07) is 4.87. The van der Waals surface area contributed by atoms with Crippen LogP contribution in [-0.2, 0) is 23.7 Å². The summed E-state index contributed by atoms with van der Waals surface area (Å²) in [5, 5.41) is 9.55. The van der Waals surface area contributed by atoms with Gasteiger partial charge in [0.05, 0.1) is 17.8 Å². The summed E-state index contributed by atoms with van der Waals surface area (Å²) in [5.74, 6) is -0.352. The first-order chi connectivity index (χ1) is 14.8. The number of amides is 1. The zero-order valence-electron chi connectivity index (χ0n) is 16.9. The van der Waals surface area contributed by atoms with Crippen LogP contribution < -0.4 is 5.32 Å². The molecule has 1 aliphatic heterocycles. The van der Waals surface area contributed by atoms with Gasteiger partial charge in [0.2, 0.25) is 0 Å². The molecule has 1 unspecified atom stereocenters. The molecule has 0 saturated heterocycles. The molecule has 1 aromatic carbocycles. The van der Waals surface area contributed by atoms with E-state index in [9.17, 15) is 31.1 Å². The van der Waals surface area contributed by atoms with Gasteiger partial charge >= 0.3 is 12.4 Å². The minimum atomic E-state index is -5.09. The first-order valence-electron chi connectivity index (χ1n) is 9.67. The third kappa shape index (κ3) is 3.82. The van der Waals surface area contributed by atoms with Crippen molar-refractivity contribution in [3.63, 3.8) is 0 Å².